The highest BCUT2D eigenvalue weighted by Crippen LogP contribution is 2.29. The van der Waals surface area contributed by atoms with Crippen LogP contribution in [0.25, 0.3) is 0 Å². The van der Waals surface area contributed by atoms with Crippen LogP contribution in [-0.4, -0.2) is 51.9 Å². The molecule has 0 saturated carbocycles. The lowest BCUT2D eigenvalue weighted by Gasteiger charge is -2.37. The second-order valence-corrected chi connectivity index (χ2v) is 7.44. The van der Waals surface area contributed by atoms with Gasteiger partial charge < -0.3 is 19.5 Å². The Labute approximate surface area is 159 Å². The predicted octanol–water partition coefficient (Wildman–Crippen LogP) is 2.62. The smallest absolute Gasteiger partial charge is 0.274 e. The summed E-state index contributed by atoms with van der Waals surface area (Å²) in [5.74, 6) is 1.41. The van der Waals surface area contributed by atoms with Crippen LogP contribution in [0.2, 0.25) is 0 Å². The van der Waals surface area contributed by atoms with E-state index in [-0.39, 0.29) is 18.4 Å². The van der Waals surface area contributed by atoms with Crippen molar-refractivity contribution in [2.24, 2.45) is 5.92 Å². The Bertz CT molecular complexity index is 774. The van der Waals surface area contributed by atoms with Crippen LogP contribution < -0.4 is 9.47 Å². The molecule has 7 nitrogen and oxygen atoms in total. The van der Waals surface area contributed by atoms with Gasteiger partial charge >= 0.3 is 0 Å². The summed E-state index contributed by atoms with van der Waals surface area (Å²) in [5, 5.41) is 17.1. The number of likely N-dealkylation sites (tertiary alicyclic amines) is 1. The molecule has 7 heteroatoms. The van der Waals surface area contributed by atoms with Gasteiger partial charge in [-0.2, -0.15) is 5.10 Å². The molecule has 1 fully saturated rings. The average molecular weight is 373 g/mol. The summed E-state index contributed by atoms with van der Waals surface area (Å²) < 4.78 is 11.0. The molecule has 0 unspecified atom stereocenters. The Balaban J connectivity index is 1.57. The third kappa shape index (κ3) is 4.60. The first kappa shape index (κ1) is 19.2. The van der Waals surface area contributed by atoms with E-state index < -0.39 is 5.60 Å². The van der Waals surface area contributed by atoms with Crippen molar-refractivity contribution in [2.45, 2.75) is 38.9 Å². The largest absolute Gasteiger partial charge is 0.493 e. The lowest BCUT2D eigenvalue weighted by Crippen LogP contribution is -2.44. The van der Waals surface area contributed by atoms with E-state index in [4.69, 9.17) is 9.47 Å². The maximum atomic E-state index is 12.7. The molecule has 1 aliphatic heterocycles. The number of nitrogens with zero attached hydrogens (tertiary/aromatic N) is 2. The van der Waals surface area contributed by atoms with Crippen LogP contribution in [0.15, 0.2) is 30.3 Å². The first-order valence-electron chi connectivity index (χ1n) is 9.20. The fourth-order valence-corrected chi connectivity index (χ4v) is 3.39. The number of nitrogens with one attached hydrogen (secondary N) is 1. The van der Waals surface area contributed by atoms with Gasteiger partial charge in [0.2, 0.25) is 0 Å². The van der Waals surface area contributed by atoms with E-state index >= 15 is 0 Å². The average Bonchev–Trinajstić information content (AvgIpc) is 3.14. The van der Waals surface area contributed by atoms with Crippen molar-refractivity contribution in [3.8, 4) is 11.5 Å². The number of piperidine rings is 1. The van der Waals surface area contributed by atoms with E-state index in [0.717, 1.165) is 18.5 Å². The number of para-hydroxylation sites is 2. The van der Waals surface area contributed by atoms with Crippen LogP contribution >= 0.6 is 0 Å². The zero-order chi connectivity index (χ0) is 19.4. The Hall–Kier alpha value is -2.54. The van der Waals surface area contributed by atoms with Crippen molar-refractivity contribution in [3.05, 3.63) is 41.7 Å². The molecule has 3 rings (SSSR count). The minimum Gasteiger partial charge on any atom is -0.493 e. The normalized spacial score (nSPS) is 15.6. The van der Waals surface area contributed by atoms with E-state index in [2.05, 4.69) is 10.2 Å². The molecular weight excluding hydrogens is 346 g/mol. The van der Waals surface area contributed by atoms with Gasteiger partial charge in [-0.05, 0) is 50.8 Å². The lowest BCUT2D eigenvalue weighted by molar-refractivity contribution is -0.0109. The van der Waals surface area contributed by atoms with Gasteiger partial charge in [0.25, 0.3) is 5.91 Å². The van der Waals surface area contributed by atoms with Gasteiger partial charge in [-0.3, -0.25) is 9.89 Å². The first-order chi connectivity index (χ1) is 12.9. The monoisotopic (exact) mass is 373 g/mol. The fourth-order valence-electron chi connectivity index (χ4n) is 3.39. The van der Waals surface area contributed by atoms with Crippen LogP contribution in [0.5, 0.6) is 11.5 Å². The second-order valence-electron chi connectivity index (χ2n) is 7.44. The number of H-pyrrole nitrogens is 1. The van der Waals surface area contributed by atoms with E-state index in [9.17, 15) is 9.90 Å². The van der Waals surface area contributed by atoms with Gasteiger partial charge in [-0.15, -0.1) is 0 Å². The highest BCUT2D eigenvalue weighted by atomic mass is 16.5. The number of rotatable bonds is 6. The maximum absolute atomic E-state index is 12.7. The van der Waals surface area contributed by atoms with E-state index in [0.29, 0.717) is 30.3 Å². The molecule has 1 aromatic carbocycles. The van der Waals surface area contributed by atoms with Gasteiger partial charge in [0.15, 0.2) is 17.2 Å². The summed E-state index contributed by atoms with van der Waals surface area (Å²) in [6.45, 7) is 5.19. The molecule has 1 aromatic heterocycles. The summed E-state index contributed by atoms with van der Waals surface area (Å²) in [4.78, 5) is 14.5. The number of methoxy groups -OCH3 is 1. The van der Waals surface area contributed by atoms with Crippen molar-refractivity contribution in [3.63, 3.8) is 0 Å². The standard InChI is InChI=1S/C20H27N3O4/c1-20(2,25)14-8-10-23(11-9-14)19(24)16-12-15(21-22-16)13-27-18-7-5-4-6-17(18)26-3/h4-7,12,14,25H,8-11,13H2,1-3H3,(H,21,22). The molecule has 27 heavy (non-hydrogen) atoms. The van der Waals surface area contributed by atoms with Crippen molar-refractivity contribution < 1.29 is 19.4 Å². The molecule has 1 aliphatic rings. The van der Waals surface area contributed by atoms with Crippen LogP contribution in [0.3, 0.4) is 0 Å². The molecule has 2 N–H and O–H groups in total. The molecule has 0 atom stereocenters. The van der Waals surface area contributed by atoms with Crippen molar-refractivity contribution in [2.75, 3.05) is 20.2 Å². The number of aromatic amines is 1. The quantitative estimate of drug-likeness (QED) is 0.813. The van der Waals surface area contributed by atoms with Crippen LogP contribution in [0.1, 0.15) is 42.9 Å². The number of ether oxygens (including phenoxy) is 2. The van der Waals surface area contributed by atoms with Crippen molar-refractivity contribution >= 4 is 5.91 Å². The number of benzene rings is 1. The lowest BCUT2D eigenvalue weighted by atomic mass is 9.83. The van der Waals surface area contributed by atoms with Gasteiger partial charge in [0.1, 0.15) is 6.61 Å². The van der Waals surface area contributed by atoms with E-state index in [1.807, 2.05) is 38.1 Å². The summed E-state index contributed by atoms with van der Waals surface area (Å²) in [6.07, 6.45) is 1.59. The van der Waals surface area contributed by atoms with E-state index in [1.165, 1.54) is 0 Å². The van der Waals surface area contributed by atoms with Crippen LogP contribution in [0, 0.1) is 5.92 Å². The van der Waals surface area contributed by atoms with Crippen molar-refractivity contribution in [1.29, 1.82) is 0 Å². The van der Waals surface area contributed by atoms with Gasteiger partial charge in [0.05, 0.1) is 18.4 Å². The molecule has 146 valence electrons. The number of amides is 1. The molecule has 1 amide bonds. The minimum absolute atomic E-state index is 0.0935. The summed E-state index contributed by atoms with van der Waals surface area (Å²) >= 11 is 0. The van der Waals surface area contributed by atoms with Crippen molar-refractivity contribution in [1.82, 2.24) is 15.1 Å². The third-order valence-electron chi connectivity index (χ3n) is 5.08. The molecule has 0 radical (unpaired) electrons. The van der Waals surface area contributed by atoms with Gasteiger partial charge in [-0.1, -0.05) is 12.1 Å². The number of carbonyl (C=O) groups is 1. The predicted molar refractivity (Wildman–Crippen MR) is 101 cm³/mol. The SMILES string of the molecule is COc1ccccc1OCc1cc(C(=O)N2CCC(C(C)(C)O)CC2)n[nH]1. The Morgan fingerprint density at radius 1 is 1.30 bits per heavy atom. The number of aromatic nitrogens is 2. The molecule has 2 aromatic rings. The van der Waals surface area contributed by atoms with Gasteiger partial charge in [0, 0.05) is 13.1 Å². The van der Waals surface area contributed by atoms with Crippen LogP contribution in [-0.2, 0) is 6.61 Å². The van der Waals surface area contributed by atoms with Crippen LogP contribution in [0.4, 0.5) is 0 Å². The Morgan fingerprint density at radius 2 is 1.96 bits per heavy atom. The minimum atomic E-state index is -0.704. The molecule has 2 heterocycles. The zero-order valence-electron chi connectivity index (χ0n) is 16.1. The molecule has 0 aliphatic carbocycles. The molecular formula is C20H27N3O4. The highest BCUT2D eigenvalue weighted by Gasteiger charge is 2.32. The first-order valence-corrected chi connectivity index (χ1v) is 9.20. The van der Waals surface area contributed by atoms with Gasteiger partial charge in [-0.25, -0.2) is 0 Å². The molecule has 0 spiro atoms. The number of hydrogen-bond acceptors (Lipinski definition) is 5. The summed E-state index contributed by atoms with van der Waals surface area (Å²) in [5.41, 5.74) is 0.399. The maximum Gasteiger partial charge on any atom is 0.274 e. The topological polar surface area (TPSA) is 87.7 Å². The fraction of sp³-hybridized carbons (Fsp3) is 0.500. The van der Waals surface area contributed by atoms with E-state index in [1.54, 1.807) is 18.1 Å². The summed E-state index contributed by atoms with van der Waals surface area (Å²) in [7, 11) is 1.59. The number of aliphatic hydroxyl groups is 1. The summed E-state index contributed by atoms with van der Waals surface area (Å²) in [6, 6.07) is 9.12. The highest BCUT2D eigenvalue weighted by molar-refractivity contribution is 5.92. The number of hydrogen-bond donors (Lipinski definition) is 2. The Morgan fingerprint density at radius 3 is 2.59 bits per heavy atom. The zero-order valence-corrected chi connectivity index (χ0v) is 16.1. The Kier molecular flexibility index (Phi) is 5.70. The number of carbonyl (C=O) groups excluding carboxylic acids is 1. The third-order valence-corrected chi connectivity index (χ3v) is 5.08. The molecule has 0 bridgehead atoms. The molecule has 1 saturated heterocycles. The second kappa shape index (κ2) is 8.00.